The monoisotopic (exact) mass is 118 g/mol. The van der Waals surface area contributed by atoms with Gasteiger partial charge in [0, 0.05) is 14.1 Å². The zero-order valence-electron chi connectivity index (χ0n) is 4.91. The topological polar surface area (TPSA) is 65.2 Å². The molecule has 0 aromatic carbocycles. The molecule has 0 atom stereocenters. The van der Waals surface area contributed by atoms with Crippen molar-refractivity contribution < 1.29 is 4.79 Å². The van der Waals surface area contributed by atoms with Gasteiger partial charge in [-0.15, -0.1) is 0 Å². The van der Waals surface area contributed by atoms with Crippen molar-refractivity contribution in [2.24, 2.45) is 0 Å². The van der Waals surface area contributed by atoms with Gasteiger partial charge in [0.1, 0.15) is 0 Å². The first-order chi connectivity index (χ1) is 3.81. The van der Waals surface area contributed by atoms with Crippen molar-refractivity contribution in [3.05, 3.63) is 0 Å². The molecule has 0 saturated heterocycles. The summed E-state index contributed by atoms with van der Waals surface area (Å²) in [5.74, 6) is 0. The summed E-state index contributed by atoms with van der Waals surface area (Å²) in [4.78, 5) is 10.3. The van der Waals surface area contributed by atoms with Crippen LogP contribution in [0.2, 0.25) is 0 Å². The number of hydrazine groups is 2. The molecule has 48 valence electrons. The molecule has 0 spiro atoms. The molecule has 4 N–H and O–H groups in total. The number of nitrogens with one attached hydrogen (secondary N) is 4. The first kappa shape index (κ1) is 7.19. The maximum atomic E-state index is 10.3. The second-order valence-electron chi connectivity index (χ2n) is 1.08. The zero-order chi connectivity index (χ0) is 6.41. The number of amides is 2. The van der Waals surface area contributed by atoms with Gasteiger partial charge in [-0.25, -0.2) is 15.6 Å². The fraction of sp³-hybridized carbons (Fsp3) is 0.667. The maximum Gasteiger partial charge on any atom is 0.343 e. The Bertz CT molecular complexity index is 65.7. The predicted molar refractivity (Wildman–Crippen MR) is 29.8 cm³/mol. The molecule has 0 aromatic heterocycles. The van der Waals surface area contributed by atoms with Gasteiger partial charge in [0.2, 0.25) is 0 Å². The van der Waals surface area contributed by atoms with Crippen LogP contribution in [0.4, 0.5) is 4.79 Å². The van der Waals surface area contributed by atoms with Crippen molar-refractivity contribution in [3.8, 4) is 0 Å². The Hall–Kier alpha value is -0.810. The number of rotatable bonds is 2. The molecule has 0 saturated carbocycles. The molecule has 0 aromatic rings. The Balaban J connectivity index is 3.06. The van der Waals surface area contributed by atoms with E-state index in [4.69, 9.17) is 0 Å². The minimum absolute atomic E-state index is 0.310. The third kappa shape index (κ3) is 3.38. The Morgan fingerprint density at radius 2 is 1.50 bits per heavy atom. The molecule has 5 heteroatoms. The van der Waals surface area contributed by atoms with E-state index in [9.17, 15) is 4.79 Å². The molecule has 0 fully saturated rings. The van der Waals surface area contributed by atoms with Crippen LogP contribution >= 0.6 is 0 Å². The molecule has 0 rings (SSSR count). The summed E-state index contributed by atoms with van der Waals surface area (Å²) in [5, 5.41) is 0. The lowest BCUT2D eigenvalue weighted by Crippen LogP contribution is -2.46. The summed E-state index contributed by atoms with van der Waals surface area (Å²) in [6.07, 6.45) is 0. The quantitative estimate of drug-likeness (QED) is 0.335. The molecular formula is C3H10N4O. The van der Waals surface area contributed by atoms with Gasteiger partial charge in [0.05, 0.1) is 0 Å². The highest BCUT2D eigenvalue weighted by Crippen LogP contribution is 1.49. The van der Waals surface area contributed by atoms with Crippen molar-refractivity contribution in [2.75, 3.05) is 14.1 Å². The minimum Gasteiger partial charge on any atom is -0.272 e. The summed E-state index contributed by atoms with van der Waals surface area (Å²) in [7, 11) is 3.21. The fourth-order valence-corrected chi connectivity index (χ4v) is 0.258. The summed E-state index contributed by atoms with van der Waals surface area (Å²) < 4.78 is 0. The molecule has 0 aliphatic heterocycles. The van der Waals surface area contributed by atoms with E-state index in [1.807, 2.05) is 0 Å². The van der Waals surface area contributed by atoms with Gasteiger partial charge in [-0.05, 0) is 0 Å². The Labute approximate surface area is 47.8 Å². The minimum atomic E-state index is -0.310. The van der Waals surface area contributed by atoms with Crippen LogP contribution in [0.25, 0.3) is 0 Å². The molecule has 0 aliphatic rings. The van der Waals surface area contributed by atoms with Crippen LogP contribution in [-0.2, 0) is 0 Å². The number of hydrogen-bond donors (Lipinski definition) is 4. The van der Waals surface area contributed by atoms with E-state index in [0.717, 1.165) is 0 Å². The highest BCUT2D eigenvalue weighted by Gasteiger charge is 1.89. The van der Waals surface area contributed by atoms with E-state index >= 15 is 0 Å². The molecule has 5 nitrogen and oxygen atoms in total. The third-order valence-electron chi connectivity index (χ3n) is 0.477. The average Bonchev–Trinajstić information content (AvgIpc) is 1.68. The lowest BCUT2D eigenvalue weighted by molar-refractivity contribution is 0.234. The molecule has 0 radical (unpaired) electrons. The highest BCUT2D eigenvalue weighted by atomic mass is 16.2. The Kier molecular flexibility index (Phi) is 3.91. The van der Waals surface area contributed by atoms with Crippen LogP contribution in [0, 0.1) is 0 Å². The average molecular weight is 118 g/mol. The predicted octanol–water partition coefficient (Wildman–Crippen LogP) is -1.45. The van der Waals surface area contributed by atoms with Gasteiger partial charge < -0.3 is 0 Å². The SMILES string of the molecule is CNNC(=O)NNC. The van der Waals surface area contributed by atoms with Crippen molar-refractivity contribution >= 4 is 6.03 Å². The number of carbonyl (C=O) groups excluding carboxylic acids is 1. The first-order valence-corrected chi connectivity index (χ1v) is 2.20. The van der Waals surface area contributed by atoms with Gasteiger partial charge >= 0.3 is 6.03 Å². The summed E-state index contributed by atoms with van der Waals surface area (Å²) in [6, 6.07) is -0.310. The van der Waals surface area contributed by atoms with Crippen LogP contribution in [0.1, 0.15) is 0 Å². The second-order valence-corrected chi connectivity index (χ2v) is 1.08. The largest absolute Gasteiger partial charge is 0.343 e. The maximum absolute atomic E-state index is 10.3. The molecule has 0 bridgehead atoms. The lowest BCUT2D eigenvalue weighted by Gasteiger charge is -2.01. The van der Waals surface area contributed by atoms with Gasteiger partial charge in [-0.1, -0.05) is 0 Å². The smallest absolute Gasteiger partial charge is 0.272 e. The molecule has 0 aliphatic carbocycles. The fourth-order valence-electron chi connectivity index (χ4n) is 0.258. The van der Waals surface area contributed by atoms with E-state index in [1.165, 1.54) is 0 Å². The standard InChI is InChI=1S/C3H10N4O/c1-4-6-3(8)7-5-2/h4-5H,1-2H3,(H2,6,7,8). The molecule has 2 amide bonds. The van der Waals surface area contributed by atoms with E-state index < -0.39 is 0 Å². The van der Waals surface area contributed by atoms with E-state index in [0.29, 0.717) is 0 Å². The lowest BCUT2D eigenvalue weighted by atomic mass is 11.1. The molecule has 8 heavy (non-hydrogen) atoms. The summed E-state index contributed by atoms with van der Waals surface area (Å²) in [5.41, 5.74) is 9.47. The van der Waals surface area contributed by atoms with E-state index in [-0.39, 0.29) is 6.03 Å². The second kappa shape index (κ2) is 4.35. The van der Waals surface area contributed by atoms with Crippen LogP contribution in [0.15, 0.2) is 0 Å². The van der Waals surface area contributed by atoms with E-state index in [1.54, 1.807) is 14.1 Å². The van der Waals surface area contributed by atoms with Crippen LogP contribution in [-0.4, -0.2) is 20.1 Å². The third-order valence-corrected chi connectivity index (χ3v) is 0.477. The van der Waals surface area contributed by atoms with Gasteiger partial charge in [-0.2, -0.15) is 0 Å². The van der Waals surface area contributed by atoms with Crippen molar-refractivity contribution in [2.45, 2.75) is 0 Å². The summed E-state index contributed by atoms with van der Waals surface area (Å²) in [6.45, 7) is 0. The molecular weight excluding hydrogens is 108 g/mol. The van der Waals surface area contributed by atoms with Gasteiger partial charge in [0.25, 0.3) is 0 Å². The van der Waals surface area contributed by atoms with Crippen molar-refractivity contribution in [3.63, 3.8) is 0 Å². The Morgan fingerprint density at radius 1 is 1.12 bits per heavy atom. The van der Waals surface area contributed by atoms with E-state index in [2.05, 4.69) is 21.7 Å². The highest BCUT2D eigenvalue weighted by molar-refractivity contribution is 5.72. The Morgan fingerprint density at radius 3 is 1.75 bits per heavy atom. The first-order valence-electron chi connectivity index (χ1n) is 2.20. The van der Waals surface area contributed by atoms with Crippen molar-refractivity contribution in [1.29, 1.82) is 0 Å². The van der Waals surface area contributed by atoms with Crippen LogP contribution in [0.3, 0.4) is 0 Å². The van der Waals surface area contributed by atoms with Crippen LogP contribution < -0.4 is 21.7 Å². The number of hydrogen-bond acceptors (Lipinski definition) is 3. The molecule has 0 unspecified atom stereocenters. The van der Waals surface area contributed by atoms with Gasteiger partial charge in [0.15, 0.2) is 0 Å². The molecule has 0 heterocycles. The number of urea groups is 1. The van der Waals surface area contributed by atoms with Crippen molar-refractivity contribution in [1.82, 2.24) is 21.7 Å². The number of carbonyl (C=O) groups is 1. The summed E-state index contributed by atoms with van der Waals surface area (Å²) >= 11 is 0. The van der Waals surface area contributed by atoms with Gasteiger partial charge in [-0.3, -0.25) is 10.9 Å². The zero-order valence-corrected chi connectivity index (χ0v) is 4.91. The normalized spacial score (nSPS) is 8.25. The van der Waals surface area contributed by atoms with Crippen LogP contribution in [0.5, 0.6) is 0 Å².